The van der Waals surface area contributed by atoms with E-state index in [-0.39, 0.29) is 0 Å². The third-order valence-corrected chi connectivity index (χ3v) is 2.96. The molecule has 1 aliphatic rings. The standard InChI is InChI=1S/C12H21N/c1-4-11(2)10-12-8-6-5-7-9-13(12)3/h4,12H,1-2,5-10H2,3H3. The van der Waals surface area contributed by atoms with Crippen molar-refractivity contribution in [1.82, 2.24) is 4.90 Å². The second-order valence-corrected chi connectivity index (χ2v) is 4.05. The van der Waals surface area contributed by atoms with Gasteiger partial charge in [-0.25, -0.2) is 0 Å². The van der Waals surface area contributed by atoms with E-state index in [1.807, 2.05) is 6.08 Å². The van der Waals surface area contributed by atoms with Crippen LogP contribution in [0.25, 0.3) is 0 Å². The monoisotopic (exact) mass is 179 g/mol. The maximum atomic E-state index is 3.99. The summed E-state index contributed by atoms with van der Waals surface area (Å²) in [6, 6.07) is 0.702. The zero-order chi connectivity index (χ0) is 9.68. The van der Waals surface area contributed by atoms with E-state index in [0.29, 0.717) is 6.04 Å². The van der Waals surface area contributed by atoms with Gasteiger partial charge in [-0.3, -0.25) is 0 Å². The summed E-state index contributed by atoms with van der Waals surface area (Å²) in [6.07, 6.45) is 8.43. The molecule has 1 aliphatic heterocycles. The van der Waals surface area contributed by atoms with Crippen LogP contribution in [0.4, 0.5) is 0 Å². The Balaban J connectivity index is 2.44. The van der Waals surface area contributed by atoms with Gasteiger partial charge in [0.05, 0.1) is 0 Å². The van der Waals surface area contributed by atoms with Gasteiger partial charge in [-0.15, -0.1) is 0 Å². The molecular weight excluding hydrogens is 158 g/mol. The Morgan fingerprint density at radius 1 is 1.46 bits per heavy atom. The normalized spacial score (nSPS) is 25.2. The maximum Gasteiger partial charge on any atom is 0.0132 e. The Morgan fingerprint density at radius 2 is 2.23 bits per heavy atom. The third kappa shape index (κ3) is 3.35. The lowest BCUT2D eigenvalue weighted by atomic mass is 10.0. The summed E-state index contributed by atoms with van der Waals surface area (Å²) in [5.74, 6) is 0. The molecule has 0 aromatic carbocycles. The van der Waals surface area contributed by atoms with Crippen LogP contribution in [0.5, 0.6) is 0 Å². The van der Waals surface area contributed by atoms with Gasteiger partial charge in [0.1, 0.15) is 0 Å². The van der Waals surface area contributed by atoms with Gasteiger partial charge in [0.15, 0.2) is 0 Å². The molecule has 1 nitrogen and oxygen atoms in total. The highest BCUT2D eigenvalue weighted by Crippen LogP contribution is 2.20. The fourth-order valence-electron chi connectivity index (χ4n) is 1.96. The van der Waals surface area contributed by atoms with E-state index >= 15 is 0 Å². The molecule has 1 unspecified atom stereocenters. The summed E-state index contributed by atoms with van der Waals surface area (Å²) in [5, 5.41) is 0. The molecule has 0 aromatic heterocycles. The molecule has 0 saturated carbocycles. The Labute approximate surface area is 82.1 Å². The summed E-state index contributed by atoms with van der Waals surface area (Å²) in [5.41, 5.74) is 1.18. The van der Waals surface area contributed by atoms with Crippen molar-refractivity contribution in [2.24, 2.45) is 0 Å². The molecule has 0 spiro atoms. The minimum Gasteiger partial charge on any atom is -0.303 e. The highest BCUT2D eigenvalue weighted by molar-refractivity contribution is 5.12. The van der Waals surface area contributed by atoms with Crippen LogP contribution in [-0.2, 0) is 0 Å². The second-order valence-electron chi connectivity index (χ2n) is 4.05. The van der Waals surface area contributed by atoms with Gasteiger partial charge >= 0.3 is 0 Å². The predicted molar refractivity (Wildman–Crippen MR) is 58.8 cm³/mol. The Hall–Kier alpha value is -0.560. The minimum absolute atomic E-state index is 0.702. The molecule has 1 heteroatoms. The third-order valence-electron chi connectivity index (χ3n) is 2.96. The molecule has 1 heterocycles. The fraction of sp³-hybridized carbons (Fsp3) is 0.667. The van der Waals surface area contributed by atoms with Crippen molar-refractivity contribution in [3.05, 3.63) is 24.8 Å². The van der Waals surface area contributed by atoms with Gasteiger partial charge < -0.3 is 4.90 Å². The van der Waals surface area contributed by atoms with Crippen molar-refractivity contribution in [3.63, 3.8) is 0 Å². The molecule has 0 aliphatic carbocycles. The van der Waals surface area contributed by atoms with Crippen LogP contribution in [0.2, 0.25) is 0 Å². The molecule has 1 atom stereocenters. The van der Waals surface area contributed by atoms with Gasteiger partial charge in [0.25, 0.3) is 0 Å². The summed E-state index contributed by atoms with van der Waals surface area (Å²) < 4.78 is 0. The van der Waals surface area contributed by atoms with Crippen molar-refractivity contribution >= 4 is 0 Å². The highest BCUT2D eigenvalue weighted by Gasteiger charge is 2.17. The summed E-state index contributed by atoms with van der Waals surface area (Å²) in [4.78, 5) is 2.47. The van der Waals surface area contributed by atoms with Crippen LogP contribution in [0, 0.1) is 0 Å². The number of allylic oxidation sites excluding steroid dienone is 1. The minimum atomic E-state index is 0.702. The highest BCUT2D eigenvalue weighted by atomic mass is 15.1. The van der Waals surface area contributed by atoms with Gasteiger partial charge in [0.2, 0.25) is 0 Å². The van der Waals surface area contributed by atoms with Crippen LogP contribution in [0.3, 0.4) is 0 Å². The summed E-state index contributed by atoms with van der Waals surface area (Å²) in [6.45, 7) is 8.99. The van der Waals surface area contributed by atoms with Crippen LogP contribution in [0.15, 0.2) is 24.8 Å². The van der Waals surface area contributed by atoms with E-state index < -0.39 is 0 Å². The Kier molecular flexibility index (Phi) is 4.23. The van der Waals surface area contributed by atoms with Crippen molar-refractivity contribution in [1.29, 1.82) is 0 Å². The first kappa shape index (κ1) is 10.5. The molecule has 0 amide bonds. The lowest BCUT2D eigenvalue weighted by Gasteiger charge is -2.25. The van der Waals surface area contributed by atoms with Crippen LogP contribution >= 0.6 is 0 Å². The zero-order valence-electron chi connectivity index (χ0n) is 8.76. The van der Waals surface area contributed by atoms with E-state index in [0.717, 1.165) is 6.42 Å². The van der Waals surface area contributed by atoms with E-state index in [2.05, 4.69) is 25.1 Å². The van der Waals surface area contributed by atoms with E-state index in [9.17, 15) is 0 Å². The van der Waals surface area contributed by atoms with E-state index in [1.165, 1.54) is 37.8 Å². The molecule has 74 valence electrons. The fourth-order valence-corrected chi connectivity index (χ4v) is 1.96. The summed E-state index contributed by atoms with van der Waals surface area (Å²) >= 11 is 0. The smallest absolute Gasteiger partial charge is 0.0132 e. The average molecular weight is 179 g/mol. The average Bonchev–Trinajstić information content (AvgIpc) is 2.32. The molecule has 1 saturated heterocycles. The van der Waals surface area contributed by atoms with E-state index in [1.54, 1.807) is 0 Å². The van der Waals surface area contributed by atoms with Crippen LogP contribution in [0.1, 0.15) is 32.1 Å². The molecule has 0 bridgehead atoms. The van der Waals surface area contributed by atoms with E-state index in [4.69, 9.17) is 0 Å². The van der Waals surface area contributed by atoms with Crippen molar-refractivity contribution in [3.8, 4) is 0 Å². The van der Waals surface area contributed by atoms with Gasteiger partial charge in [0, 0.05) is 6.04 Å². The molecule has 0 aromatic rings. The number of nitrogens with zero attached hydrogens (tertiary/aromatic N) is 1. The van der Waals surface area contributed by atoms with Gasteiger partial charge in [-0.05, 0) is 32.9 Å². The maximum absolute atomic E-state index is 3.99. The first-order chi connectivity index (χ1) is 6.24. The van der Waals surface area contributed by atoms with Crippen molar-refractivity contribution in [2.75, 3.05) is 13.6 Å². The zero-order valence-corrected chi connectivity index (χ0v) is 8.76. The molecular formula is C12H21N. The van der Waals surface area contributed by atoms with Gasteiger partial charge in [-0.1, -0.05) is 37.6 Å². The Bertz CT molecular complexity index is 184. The SMILES string of the molecule is C=CC(=C)CC1CCCCCN1C. The molecule has 0 radical (unpaired) electrons. The summed E-state index contributed by atoms with van der Waals surface area (Å²) in [7, 11) is 2.23. The van der Waals surface area contributed by atoms with Crippen LogP contribution in [-0.4, -0.2) is 24.5 Å². The second kappa shape index (κ2) is 5.23. The molecule has 1 rings (SSSR count). The first-order valence-electron chi connectivity index (χ1n) is 5.24. The lowest BCUT2D eigenvalue weighted by Crippen LogP contribution is -2.31. The topological polar surface area (TPSA) is 3.24 Å². The molecule has 0 N–H and O–H groups in total. The number of hydrogen-bond acceptors (Lipinski definition) is 1. The largest absolute Gasteiger partial charge is 0.303 e. The Morgan fingerprint density at radius 3 is 2.92 bits per heavy atom. The first-order valence-corrected chi connectivity index (χ1v) is 5.24. The number of hydrogen-bond donors (Lipinski definition) is 0. The molecule has 13 heavy (non-hydrogen) atoms. The van der Waals surface area contributed by atoms with Crippen molar-refractivity contribution in [2.45, 2.75) is 38.1 Å². The lowest BCUT2D eigenvalue weighted by molar-refractivity contribution is 0.246. The predicted octanol–water partition coefficient (Wildman–Crippen LogP) is 2.99. The number of rotatable bonds is 3. The number of likely N-dealkylation sites (tertiary alicyclic amines) is 1. The van der Waals surface area contributed by atoms with Crippen molar-refractivity contribution < 1.29 is 0 Å². The van der Waals surface area contributed by atoms with Crippen LogP contribution < -0.4 is 0 Å². The van der Waals surface area contributed by atoms with Gasteiger partial charge in [-0.2, -0.15) is 0 Å². The molecule has 1 fully saturated rings. The quantitative estimate of drug-likeness (QED) is 0.602.